The van der Waals surface area contributed by atoms with Gasteiger partial charge in [-0.05, 0) is 61.9 Å². The summed E-state index contributed by atoms with van der Waals surface area (Å²) in [6.45, 7) is 3.13. The van der Waals surface area contributed by atoms with E-state index in [-0.39, 0.29) is 23.0 Å². The molecular formula is C26H27Cl2N3O4S. The Hall–Kier alpha value is -3.07. The van der Waals surface area contributed by atoms with E-state index >= 15 is 0 Å². The summed E-state index contributed by atoms with van der Waals surface area (Å²) >= 11 is 12.1. The van der Waals surface area contributed by atoms with Crippen LogP contribution in [0.15, 0.2) is 77.7 Å². The van der Waals surface area contributed by atoms with Crippen LogP contribution >= 0.6 is 23.2 Å². The smallest absolute Gasteiger partial charge is 0.264 e. The molecule has 0 bridgehead atoms. The molecule has 0 aliphatic rings. The third-order valence-electron chi connectivity index (χ3n) is 5.66. The van der Waals surface area contributed by atoms with Crippen molar-refractivity contribution < 1.29 is 18.0 Å². The van der Waals surface area contributed by atoms with Gasteiger partial charge in [-0.25, -0.2) is 8.42 Å². The quantitative estimate of drug-likeness (QED) is 0.422. The Morgan fingerprint density at radius 1 is 0.944 bits per heavy atom. The molecule has 0 unspecified atom stereocenters. The largest absolute Gasteiger partial charge is 0.357 e. The number of anilines is 1. The minimum absolute atomic E-state index is 0.0379. The lowest BCUT2D eigenvalue weighted by atomic mass is 10.1. The van der Waals surface area contributed by atoms with Crippen LogP contribution in [0.1, 0.15) is 18.1 Å². The van der Waals surface area contributed by atoms with E-state index in [0.717, 1.165) is 15.4 Å². The number of halogens is 2. The van der Waals surface area contributed by atoms with Crippen molar-refractivity contribution in [2.45, 2.75) is 31.3 Å². The Morgan fingerprint density at radius 2 is 1.58 bits per heavy atom. The maximum absolute atomic E-state index is 13.7. The molecule has 3 aromatic rings. The van der Waals surface area contributed by atoms with Crippen molar-refractivity contribution in [3.05, 3.63) is 94.0 Å². The normalized spacial score (nSPS) is 12.0. The van der Waals surface area contributed by atoms with E-state index in [1.54, 1.807) is 25.1 Å². The maximum atomic E-state index is 13.7. The lowest BCUT2D eigenvalue weighted by molar-refractivity contribution is -0.139. The Labute approximate surface area is 221 Å². The van der Waals surface area contributed by atoms with E-state index in [1.165, 1.54) is 42.3 Å². The third kappa shape index (κ3) is 6.57. The molecule has 1 N–H and O–H groups in total. The second kappa shape index (κ2) is 11.8. The first-order chi connectivity index (χ1) is 17.0. The highest BCUT2D eigenvalue weighted by atomic mass is 35.5. The summed E-state index contributed by atoms with van der Waals surface area (Å²) in [5.41, 5.74) is 2.07. The van der Waals surface area contributed by atoms with E-state index < -0.39 is 28.5 Å². The second-order valence-corrected chi connectivity index (χ2v) is 11.0. The average Bonchev–Trinajstić information content (AvgIpc) is 2.86. The monoisotopic (exact) mass is 547 g/mol. The number of sulfonamides is 1. The predicted octanol–water partition coefficient (Wildman–Crippen LogP) is 4.66. The van der Waals surface area contributed by atoms with Crippen LogP contribution in [0.3, 0.4) is 0 Å². The number of nitrogens with one attached hydrogen (secondary N) is 1. The number of nitrogens with zero attached hydrogens (tertiary/aromatic N) is 2. The zero-order chi connectivity index (χ0) is 26.5. The van der Waals surface area contributed by atoms with Gasteiger partial charge in [0, 0.05) is 23.6 Å². The zero-order valence-electron chi connectivity index (χ0n) is 20.1. The minimum Gasteiger partial charge on any atom is -0.357 e. The molecule has 0 aromatic heterocycles. The van der Waals surface area contributed by atoms with Crippen molar-refractivity contribution >= 4 is 50.7 Å². The summed E-state index contributed by atoms with van der Waals surface area (Å²) in [6.07, 6.45) is 0. The summed E-state index contributed by atoms with van der Waals surface area (Å²) in [5, 5.41) is 3.24. The van der Waals surface area contributed by atoms with Gasteiger partial charge in [-0.15, -0.1) is 0 Å². The summed E-state index contributed by atoms with van der Waals surface area (Å²) in [7, 11) is -2.70. The number of hydrogen-bond acceptors (Lipinski definition) is 4. The molecule has 0 saturated heterocycles. The van der Waals surface area contributed by atoms with Crippen LogP contribution in [0.5, 0.6) is 0 Å². The van der Waals surface area contributed by atoms with Gasteiger partial charge in [0.1, 0.15) is 12.6 Å². The maximum Gasteiger partial charge on any atom is 0.264 e. The molecule has 190 valence electrons. The molecule has 36 heavy (non-hydrogen) atoms. The molecule has 0 heterocycles. The second-order valence-electron chi connectivity index (χ2n) is 8.24. The highest BCUT2D eigenvalue weighted by molar-refractivity contribution is 7.92. The number of benzene rings is 3. The first-order valence-corrected chi connectivity index (χ1v) is 13.3. The lowest BCUT2D eigenvalue weighted by Gasteiger charge is -2.31. The van der Waals surface area contributed by atoms with Gasteiger partial charge in [-0.1, -0.05) is 59.1 Å². The van der Waals surface area contributed by atoms with Crippen molar-refractivity contribution in [3.8, 4) is 0 Å². The molecule has 3 rings (SSSR count). The molecule has 0 aliphatic heterocycles. The number of amides is 2. The molecule has 0 saturated carbocycles. The van der Waals surface area contributed by atoms with Crippen LogP contribution in [-0.4, -0.2) is 44.8 Å². The molecule has 7 nitrogen and oxygen atoms in total. The van der Waals surface area contributed by atoms with Crippen LogP contribution in [0.4, 0.5) is 5.69 Å². The van der Waals surface area contributed by atoms with Gasteiger partial charge in [0.2, 0.25) is 11.8 Å². The van der Waals surface area contributed by atoms with Gasteiger partial charge in [0.15, 0.2) is 0 Å². The molecule has 0 aliphatic carbocycles. The number of rotatable bonds is 9. The topological polar surface area (TPSA) is 86.8 Å². The molecule has 10 heteroatoms. The van der Waals surface area contributed by atoms with Gasteiger partial charge in [-0.2, -0.15) is 0 Å². The van der Waals surface area contributed by atoms with Crippen molar-refractivity contribution in [2.75, 3.05) is 17.9 Å². The summed E-state index contributed by atoms with van der Waals surface area (Å²) < 4.78 is 28.3. The molecule has 0 radical (unpaired) electrons. The highest BCUT2D eigenvalue weighted by Gasteiger charge is 2.32. The van der Waals surface area contributed by atoms with Crippen LogP contribution < -0.4 is 9.62 Å². The fourth-order valence-electron chi connectivity index (χ4n) is 3.58. The Kier molecular flexibility index (Phi) is 9.00. The van der Waals surface area contributed by atoms with E-state index in [2.05, 4.69) is 5.32 Å². The Balaban J connectivity index is 2.02. The van der Waals surface area contributed by atoms with Gasteiger partial charge in [0.25, 0.3) is 10.0 Å². The van der Waals surface area contributed by atoms with Gasteiger partial charge in [-0.3, -0.25) is 13.9 Å². The fourth-order valence-corrected chi connectivity index (χ4v) is 5.29. The first-order valence-electron chi connectivity index (χ1n) is 11.1. The van der Waals surface area contributed by atoms with Crippen LogP contribution in [0, 0.1) is 6.92 Å². The molecule has 0 fully saturated rings. The predicted molar refractivity (Wildman–Crippen MR) is 143 cm³/mol. The van der Waals surface area contributed by atoms with E-state index in [1.807, 2.05) is 31.2 Å². The standard InChI is InChI=1S/C26H27Cl2N3O4S/c1-18-7-9-20(10-8-18)16-30(19(2)26(33)29-3)25(32)17-31(23-6-4-5-22(28)15-23)36(34,35)24-13-11-21(27)12-14-24/h4-15,19H,16-17H2,1-3H3,(H,29,33)/t19-/m1/s1. The summed E-state index contributed by atoms with van der Waals surface area (Å²) in [4.78, 5) is 27.5. The Bertz CT molecular complexity index is 1330. The van der Waals surface area contributed by atoms with Gasteiger partial charge < -0.3 is 10.2 Å². The average molecular weight is 548 g/mol. The lowest BCUT2D eigenvalue weighted by Crippen LogP contribution is -2.50. The third-order valence-corrected chi connectivity index (χ3v) is 7.94. The molecule has 0 spiro atoms. The SMILES string of the molecule is CNC(=O)[C@@H](C)N(Cc1ccc(C)cc1)C(=O)CN(c1cccc(Cl)c1)S(=O)(=O)c1ccc(Cl)cc1. The fraction of sp³-hybridized carbons (Fsp3) is 0.231. The van der Waals surface area contributed by atoms with Crippen molar-refractivity contribution in [2.24, 2.45) is 0 Å². The van der Waals surface area contributed by atoms with E-state index in [0.29, 0.717) is 10.0 Å². The Morgan fingerprint density at radius 3 is 2.17 bits per heavy atom. The summed E-state index contributed by atoms with van der Waals surface area (Å²) in [5.74, 6) is -0.922. The number of carbonyl (C=O) groups is 2. The van der Waals surface area contributed by atoms with E-state index in [4.69, 9.17) is 23.2 Å². The first kappa shape index (κ1) is 27.5. The van der Waals surface area contributed by atoms with Gasteiger partial charge in [0.05, 0.1) is 10.6 Å². The van der Waals surface area contributed by atoms with Crippen LogP contribution in [0.2, 0.25) is 10.0 Å². The van der Waals surface area contributed by atoms with Crippen molar-refractivity contribution in [3.63, 3.8) is 0 Å². The van der Waals surface area contributed by atoms with Crippen molar-refractivity contribution in [1.82, 2.24) is 10.2 Å². The van der Waals surface area contributed by atoms with Crippen molar-refractivity contribution in [1.29, 1.82) is 0 Å². The van der Waals surface area contributed by atoms with Gasteiger partial charge >= 0.3 is 0 Å². The number of aryl methyl sites for hydroxylation is 1. The number of carbonyl (C=O) groups excluding carboxylic acids is 2. The molecule has 1 atom stereocenters. The highest BCUT2D eigenvalue weighted by Crippen LogP contribution is 2.27. The van der Waals surface area contributed by atoms with Crippen LogP contribution in [-0.2, 0) is 26.2 Å². The summed E-state index contributed by atoms with van der Waals surface area (Å²) in [6, 6.07) is 18.6. The number of hydrogen-bond donors (Lipinski definition) is 1. The zero-order valence-corrected chi connectivity index (χ0v) is 22.4. The molecule has 3 aromatic carbocycles. The minimum atomic E-state index is -4.18. The van der Waals surface area contributed by atoms with E-state index in [9.17, 15) is 18.0 Å². The molecule has 2 amide bonds. The number of likely N-dealkylation sites (N-methyl/N-ethyl adjacent to an activating group) is 1. The van der Waals surface area contributed by atoms with Crippen LogP contribution in [0.25, 0.3) is 0 Å². The molecular weight excluding hydrogens is 521 g/mol.